The molecule has 0 aliphatic heterocycles. The molecule has 0 amide bonds. The molecule has 1 N–H and O–H groups in total. The van der Waals surface area contributed by atoms with E-state index in [-0.39, 0.29) is 36.0 Å². The monoisotopic (exact) mass is 218 g/mol. The molecule has 0 aromatic rings. The van der Waals surface area contributed by atoms with Crippen molar-refractivity contribution in [2.75, 3.05) is 0 Å². The van der Waals surface area contributed by atoms with Crippen LogP contribution in [0.5, 0.6) is 0 Å². The van der Waals surface area contributed by atoms with Crippen molar-refractivity contribution in [1.82, 2.24) is 0 Å². The Labute approximate surface area is 101 Å². The first-order valence-electron chi connectivity index (χ1n) is 3.66. The van der Waals surface area contributed by atoms with Crippen molar-refractivity contribution in [2.45, 2.75) is 31.8 Å². The molecule has 0 aromatic heterocycles. The molecule has 0 rings (SSSR count). The van der Waals surface area contributed by atoms with Crippen LogP contribution in [-0.2, 0) is 14.3 Å². The summed E-state index contributed by atoms with van der Waals surface area (Å²) in [7, 11) is -3.84. The summed E-state index contributed by atoms with van der Waals surface area (Å²) in [6, 6.07) is 0. The predicted octanol–water partition coefficient (Wildman–Crippen LogP) is -0.0128. The molecule has 0 aromatic carbocycles. The second kappa shape index (κ2) is 6.98. The van der Waals surface area contributed by atoms with E-state index in [1.165, 1.54) is 13.0 Å². The zero-order valence-corrected chi connectivity index (χ0v) is 8.04. The van der Waals surface area contributed by atoms with Crippen LogP contribution in [0.15, 0.2) is 12.7 Å². The van der Waals surface area contributed by atoms with Gasteiger partial charge < -0.3 is 5.11 Å². The van der Waals surface area contributed by atoms with Gasteiger partial charge in [-0.1, -0.05) is 13.0 Å². The molecule has 0 heterocycles. The van der Waals surface area contributed by atoms with Crippen LogP contribution in [0.4, 0.5) is 0 Å². The van der Waals surface area contributed by atoms with Crippen LogP contribution in [0.1, 0.15) is 20.3 Å². The summed E-state index contributed by atoms with van der Waals surface area (Å²) >= 11 is 0. The Morgan fingerprint density at radius 3 is 2.38 bits per heavy atom. The van der Waals surface area contributed by atoms with E-state index in [9.17, 15) is 8.42 Å². The molecule has 2 atom stereocenters. The fraction of sp³-hybridized carbons (Fsp3) is 0.714. The number of aliphatic hydroxyl groups excluding tert-OH is 1. The Hall–Kier alpha value is 0.610. The first-order valence-corrected chi connectivity index (χ1v) is 5.14. The topological polar surface area (TPSA) is 63.6 Å². The molecule has 0 radical (unpaired) electrons. The normalized spacial score (nSPS) is 15.6. The van der Waals surface area contributed by atoms with Gasteiger partial charge >= 0.3 is 29.6 Å². The number of rotatable bonds is 5. The molecule has 0 aliphatic rings. The molecule has 4 nitrogen and oxygen atoms in total. The van der Waals surface area contributed by atoms with Crippen LogP contribution in [0.3, 0.4) is 0 Å². The van der Waals surface area contributed by atoms with Gasteiger partial charge in [-0.2, -0.15) is 8.42 Å². The van der Waals surface area contributed by atoms with Crippen molar-refractivity contribution in [3.63, 3.8) is 0 Å². The third-order valence-electron chi connectivity index (χ3n) is 1.30. The van der Waals surface area contributed by atoms with E-state index < -0.39 is 21.7 Å². The van der Waals surface area contributed by atoms with Crippen molar-refractivity contribution in [3.05, 3.63) is 12.7 Å². The van der Waals surface area contributed by atoms with Gasteiger partial charge in [0.2, 0.25) is 0 Å². The maximum absolute atomic E-state index is 11.0. The molecule has 0 aliphatic carbocycles. The fourth-order valence-corrected chi connectivity index (χ4v) is 1.56. The van der Waals surface area contributed by atoms with Gasteiger partial charge in [0.1, 0.15) is 0 Å². The van der Waals surface area contributed by atoms with Gasteiger partial charge in [-0.3, -0.25) is 4.18 Å². The summed E-state index contributed by atoms with van der Waals surface area (Å²) in [6.45, 7) is 6.45. The first kappa shape index (κ1) is 16.1. The minimum absolute atomic E-state index is 0. The van der Waals surface area contributed by atoms with Crippen LogP contribution in [0.2, 0.25) is 0 Å². The van der Waals surface area contributed by atoms with Crippen LogP contribution < -0.4 is 0 Å². The number of hydrogen-bond donors (Lipinski definition) is 1. The van der Waals surface area contributed by atoms with E-state index in [1.54, 1.807) is 6.92 Å². The second-order valence-corrected chi connectivity index (χ2v) is 4.11. The van der Waals surface area contributed by atoms with Crippen LogP contribution in [0, 0.1) is 0 Å². The Morgan fingerprint density at radius 1 is 1.62 bits per heavy atom. The van der Waals surface area contributed by atoms with Crippen LogP contribution >= 0.6 is 0 Å². The minimum atomic E-state index is -3.84. The molecule has 74 valence electrons. The summed E-state index contributed by atoms with van der Waals surface area (Å²) in [5.74, 6) is 0. The van der Waals surface area contributed by atoms with E-state index in [0.29, 0.717) is 0 Å². The SMILES string of the molecule is C=CC(C)OS(=O)(=O)C(O)CC.[NaH]. The van der Waals surface area contributed by atoms with Gasteiger partial charge in [0.25, 0.3) is 10.1 Å². The average Bonchev–Trinajstić information content (AvgIpc) is 2.02. The molecule has 0 saturated heterocycles. The van der Waals surface area contributed by atoms with Gasteiger partial charge in [0.15, 0.2) is 5.44 Å². The van der Waals surface area contributed by atoms with Gasteiger partial charge in [0, 0.05) is 0 Å². The zero-order valence-electron chi connectivity index (χ0n) is 7.23. The molecular weight excluding hydrogens is 203 g/mol. The summed E-state index contributed by atoms with van der Waals surface area (Å²) in [5, 5.41) is 8.98. The van der Waals surface area contributed by atoms with E-state index in [0.717, 1.165) is 0 Å². The van der Waals surface area contributed by atoms with Crippen LogP contribution in [0.25, 0.3) is 0 Å². The quantitative estimate of drug-likeness (QED) is 0.400. The summed E-state index contributed by atoms with van der Waals surface area (Å²) in [4.78, 5) is 0. The van der Waals surface area contributed by atoms with Crippen molar-refractivity contribution in [3.8, 4) is 0 Å². The molecule has 0 fully saturated rings. The number of hydrogen-bond acceptors (Lipinski definition) is 4. The Morgan fingerprint density at radius 2 is 2.08 bits per heavy atom. The Balaban J connectivity index is 0. The standard InChI is InChI=1S/C7H14O4S.Na.H/c1-4-6(3)11-12(9,10)7(8)5-2;;/h4,6-8H,1,5H2,2-3H3;;. The van der Waals surface area contributed by atoms with Gasteiger partial charge in [-0.05, 0) is 13.3 Å². The van der Waals surface area contributed by atoms with Crippen LogP contribution in [-0.4, -0.2) is 54.6 Å². The van der Waals surface area contributed by atoms with Gasteiger partial charge in [0.05, 0.1) is 6.10 Å². The maximum atomic E-state index is 11.0. The third-order valence-corrected chi connectivity index (χ3v) is 2.87. The molecule has 0 bridgehead atoms. The first-order chi connectivity index (χ1) is 5.44. The van der Waals surface area contributed by atoms with E-state index in [1.807, 2.05) is 0 Å². The van der Waals surface area contributed by atoms with Crippen molar-refractivity contribution >= 4 is 39.7 Å². The molecule has 6 heteroatoms. The summed E-state index contributed by atoms with van der Waals surface area (Å²) in [6.07, 6.45) is 0.864. The fourth-order valence-electron chi connectivity index (χ4n) is 0.519. The van der Waals surface area contributed by atoms with Crippen molar-refractivity contribution in [2.24, 2.45) is 0 Å². The van der Waals surface area contributed by atoms with E-state index in [4.69, 9.17) is 5.11 Å². The third kappa shape index (κ3) is 5.83. The molecule has 2 unspecified atom stereocenters. The van der Waals surface area contributed by atoms with Gasteiger partial charge in [-0.25, -0.2) is 0 Å². The average molecular weight is 218 g/mol. The molecule has 0 saturated carbocycles. The molecule has 0 spiro atoms. The Bertz CT molecular complexity index is 237. The van der Waals surface area contributed by atoms with Crippen molar-refractivity contribution in [1.29, 1.82) is 0 Å². The predicted molar refractivity (Wildman–Crippen MR) is 53.1 cm³/mol. The van der Waals surface area contributed by atoms with Crippen molar-refractivity contribution < 1.29 is 17.7 Å². The summed E-state index contributed by atoms with van der Waals surface area (Å²) < 4.78 is 26.6. The number of aliphatic hydroxyl groups is 1. The summed E-state index contributed by atoms with van der Waals surface area (Å²) in [5.41, 5.74) is -1.44. The Kier molecular flexibility index (Phi) is 8.61. The van der Waals surface area contributed by atoms with E-state index >= 15 is 0 Å². The zero-order chi connectivity index (χ0) is 9.78. The second-order valence-electron chi connectivity index (χ2n) is 2.39. The molecular formula is C7H15NaO4S. The van der Waals surface area contributed by atoms with E-state index in [2.05, 4.69) is 10.8 Å². The van der Waals surface area contributed by atoms with Gasteiger partial charge in [-0.15, -0.1) is 6.58 Å². The molecule has 13 heavy (non-hydrogen) atoms.